The van der Waals surface area contributed by atoms with Crippen LogP contribution in [0.3, 0.4) is 0 Å². The molecule has 2 heterocycles. The van der Waals surface area contributed by atoms with Crippen LogP contribution in [0.4, 0.5) is 0 Å². The summed E-state index contributed by atoms with van der Waals surface area (Å²) in [6, 6.07) is 0. The molecule has 0 aliphatic carbocycles. The Balaban J connectivity index is 2.08. The molecule has 0 radical (unpaired) electrons. The van der Waals surface area contributed by atoms with Gasteiger partial charge < -0.3 is 10.2 Å². The van der Waals surface area contributed by atoms with Crippen molar-refractivity contribution in [3.05, 3.63) is 0 Å². The third kappa shape index (κ3) is 2.85. The molecular weight excluding hydrogens is 244 g/mol. The van der Waals surface area contributed by atoms with Gasteiger partial charge in [0.15, 0.2) is 0 Å². The molecular formula is C14H26N2OS. The van der Waals surface area contributed by atoms with Crippen LogP contribution in [0.15, 0.2) is 0 Å². The van der Waals surface area contributed by atoms with E-state index in [0.717, 1.165) is 45.4 Å². The highest BCUT2D eigenvalue weighted by Gasteiger charge is 2.41. The van der Waals surface area contributed by atoms with Crippen molar-refractivity contribution in [1.82, 2.24) is 10.2 Å². The number of hydrogen-bond acceptors (Lipinski definition) is 3. The van der Waals surface area contributed by atoms with Gasteiger partial charge in [0.1, 0.15) is 0 Å². The van der Waals surface area contributed by atoms with Gasteiger partial charge in [-0.1, -0.05) is 20.8 Å². The number of nitrogens with zero attached hydrogens (tertiary/aromatic N) is 1. The van der Waals surface area contributed by atoms with E-state index in [1.54, 1.807) is 0 Å². The Hall–Kier alpha value is -0.220. The lowest BCUT2D eigenvalue weighted by Gasteiger charge is -2.43. The fraction of sp³-hybridized carbons (Fsp3) is 0.929. The van der Waals surface area contributed by atoms with Crippen molar-refractivity contribution in [2.24, 2.45) is 5.41 Å². The molecule has 0 aromatic carbocycles. The first-order chi connectivity index (χ1) is 8.57. The zero-order valence-corrected chi connectivity index (χ0v) is 12.7. The maximum atomic E-state index is 12.9. The van der Waals surface area contributed by atoms with Gasteiger partial charge in [0, 0.05) is 23.6 Å². The van der Waals surface area contributed by atoms with Crippen molar-refractivity contribution in [1.29, 1.82) is 0 Å². The summed E-state index contributed by atoms with van der Waals surface area (Å²) in [4.78, 5) is 15.0. The predicted octanol–water partition coefficient (Wildman–Crippen LogP) is 2.12. The van der Waals surface area contributed by atoms with Gasteiger partial charge in [-0.15, -0.1) is 0 Å². The van der Waals surface area contributed by atoms with Crippen molar-refractivity contribution < 1.29 is 4.79 Å². The number of amides is 1. The second kappa shape index (κ2) is 5.83. The average Bonchev–Trinajstić information content (AvgIpc) is 2.37. The number of carbonyl (C=O) groups excluding carboxylic acids is 1. The summed E-state index contributed by atoms with van der Waals surface area (Å²) in [6.07, 6.45) is 3.00. The number of carbonyl (C=O) groups is 1. The van der Waals surface area contributed by atoms with Crippen LogP contribution in [-0.2, 0) is 4.79 Å². The van der Waals surface area contributed by atoms with Crippen LogP contribution in [0, 0.1) is 5.41 Å². The van der Waals surface area contributed by atoms with Gasteiger partial charge in [0.25, 0.3) is 0 Å². The fourth-order valence-electron chi connectivity index (χ4n) is 3.30. The summed E-state index contributed by atoms with van der Waals surface area (Å²) >= 11 is 2.01. The number of nitrogens with one attached hydrogen (secondary N) is 1. The summed E-state index contributed by atoms with van der Waals surface area (Å²) in [5, 5.41) is 4.53. The molecule has 2 atom stereocenters. The average molecular weight is 270 g/mol. The summed E-state index contributed by atoms with van der Waals surface area (Å²) < 4.78 is 0. The zero-order chi connectivity index (χ0) is 13.2. The molecule has 0 aromatic rings. The lowest BCUT2D eigenvalue weighted by Crippen LogP contribution is -2.53. The molecule has 2 fully saturated rings. The minimum absolute atomic E-state index is 0.0767. The van der Waals surface area contributed by atoms with Crippen LogP contribution in [0.5, 0.6) is 0 Å². The lowest BCUT2D eigenvalue weighted by molar-refractivity contribution is -0.144. The van der Waals surface area contributed by atoms with E-state index < -0.39 is 0 Å². The second-order valence-electron chi connectivity index (χ2n) is 5.85. The highest BCUT2D eigenvalue weighted by atomic mass is 32.2. The van der Waals surface area contributed by atoms with Gasteiger partial charge in [-0.25, -0.2) is 0 Å². The quantitative estimate of drug-likeness (QED) is 0.834. The highest BCUT2D eigenvalue weighted by molar-refractivity contribution is 8.00. The Morgan fingerprint density at radius 1 is 1.28 bits per heavy atom. The van der Waals surface area contributed by atoms with E-state index in [9.17, 15) is 4.79 Å². The molecule has 2 aliphatic heterocycles. The number of thioether (sulfide) groups is 1. The van der Waals surface area contributed by atoms with Crippen molar-refractivity contribution >= 4 is 17.7 Å². The van der Waals surface area contributed by atoms with Crippen LogP contribution < -0.4 is 5.32 Å². The van der Waals surface area contributed by atoms with E-state index in [1.165, 1.54) is 0 Å². The van der Waals surface area contributed by atoms with E-state index in [-0.39, 0.29) is 5.41 Å². The topological polar surface area (TPSA) is 32.3 Å². The van der Waals surface area contributed by atoms with E-state index in [2.05, 4.69) is 31.0 Å². The SMILES string of the molecule is CCC1(C(=O)N2CC(C)SC(C)C2)CCNCC1. The maximum Gasteiger partial charge on any atom is 0.228 e. The molecule has 3 nitrogen and oxygen atoms in total. The third-order valence-electron chi connectivity index (χ3n) is 4.40. The predicted molar refractivity (Wildman–Crippen MR) is 77.9 cm³/mol. The van der Waals surface area contributed by atoms with Gasteiger partial charge in [-0.3, -0.25) is 4.79 Å². The van der Waals surface area contributed by atoms with Gasteiger partial charge in [-0.05, 0) is 32.4 Å². The summed E-state index contributed by atoms with van der Waals surface area (Å²) in [7, 11) is 0. The fourth-order valence-corrected chi connectivity index (χ4v) is 4.63. The molecule has 1 amide bonds. The highest BCUT2D eigenvalue weighted by Crippen LogP contribution is 2.36. The van der Waals surface area contributed by atoms with Gasteiger partial charge >= 0.3 is 0 Å². The van der Waals surface area contributed by atoms with Gasteiger partial charge in [0.2, 0.25) is 5.91 Å². The largest absolute Gasteiger partial charge is 0.340 e. The van der Waals surface area contributed by atoms with Crippen molar-refractivity contribution in [2.75, 3.05) is 26.2 Å². The molecule has 1 N–H and O–H groups in total. The van der Waals surface area contributed by atoms with E-state index in [1.807, 2.05) is 11.8 Å². The molecule has 0 bridgehead atoms. The second-order valence-corrected chi connectivity index (χ2v) is 7.73. The van der Waals surface area contributed by atoms with Crippen molar-refractivity contribution in [3.8, 4) is 0 Å². The molecule has 2 aliphatic rings. The molecule has 0 saturated carbocycles. The first-order valence-electron chi connectivity index (χ1n) is 7.23. The monoisotopic (exact) mass is 270 g/mol. The smallest absolute Gasteiger partial charge is 0.228 e. The first kappa shape index (κ1) is 14.2. The Labute approximate surface area is 115 Å². The molecule has 2 unspecified atom stereocenters. The van der Waals surface area contributed by atoms with Gasteiger partial charge in [0.05, 0.1) is 5.41 Å². The summed E-state index contributed by atoms with van der Waals surface area (Å²) in [5.74, 6) is 0.422. The van der Waals surface area contributed by atoms with Gasteiger partial charge in [-0.2, -0.15) is 11.8 Å². The molecule has 2 rings (SSSR count). The number of rotatable bonds is 2. The molecule has 18 heavy (non-hydrogen) atoms. The minimum Gasteiger partial charge on any atom is -0.340 e. The van der Waals surface area contributed by atoms with Crippen LogP contribution in [-0.4, -0.2) is 47.5 Å². The van der Waals surface area contributed by atoms with Crippen molar-refractivity contribution in [2.45, 2.75) is 50.5 Å². The number of piperidine rings is 1. The normalized spacial score (nSPS) is 32.3. The van der Waals surface area contributed by atoms with Crippen LogP contribution in [0.1, 0.15) is 40.0 Å². The summed E-state index contributed by atoms with van der Waals surface area (Å²) in [6.45, 7) is 10.5. The molecule has 0 spiro atoms. The van der Waals surface area contributed by atoms with E-state index >= 15 is 0 Å². The van der Waals surface area contributed by atoms with Crippen molar-refractivity contribution in [3.63, 3.8) is 0 Å². The Bertz CT molecular complexity index is 292. The van der Waals surface area contributed by atoms with Crippen LogP contribution in [0.25, 0.3) is 0 Å². The Morgan fingerprint density at radius 2 is 1.83 bits per heavy atom. The lowest BCUT2D eigenvalue weighted by atomic mass is 9.75. The van der Waals surface area contributed by atoms with Crippen LogP contribution >= 0.6 is 11.8 Å². The molecule has 2 saturated heterocycles. The first-order valence-corrected chi connectivity index (χ1v) is 8.17. The maximum absolute atomic E-state index is 12.9. The Morgan fingerprint density at radius 3 is 2.33 bits per heavy atom. The molecule has 104 valence electrons. The molecule has 0 aromatic heterocycles. The molecule has 4 heteroatoms. The minimum atomic E-state index is -0.0767. The zero-order valence-electron chi connectivity index (χ0n) is 11.9. The standard InChI is InChI=1S/C14H26N2OS/c1-4-14(5-7-15-8-6-14)13(17)16-9-11(2)18-12(3)10-16/h11-12,15H,4-10H2,1-3H3. The summed E-state index contributed by atoms with van der Waals surface area (Å²) in [5.41, 5.74) is -0.0767. The van der Waals surface area contributed by atoms with E-state index in [0.29, 0.717) is 16.4 Å². The number of hydrogen-bond donors (Lipinski definition) is 1. The van der Waals surface area contributed by atoms with Crippen LogP contribution in [0.2, 0.25) is 0 Å². The Kier molecular flexibility index (Phi) is 4.59. The third-order valence-corrected chi connectivity index (χ3v) is 5.63. The van der Waals surface area contributed by atoms with E-state index in [4.69, 9.17) is 0 Å².